The molecule has 7 heteroatoms. The third-order valence-electron chi connectivity index (χ3n) is 3.58. The summed E-state index contributed by atoms with van der Waals surface area (Å²) in [5.41, 5.74) is 2.55. The lowest BCUT2D eigenvalue weighted by molar-refractivity contribution is 0.0950. The molecule has 1 amide bonds. The molecule has 1 N–H and O–H groups in total. The first-order valence-corrected chi connectivity index (χ1v) is 7.86. The van der Waals surface area contributed by atoms with Crippen LogP contribution in [0.1, 0.15) is 26.6 Å². The van der Waals surface area contributed by atoms with Crippen LogP contribution in [0.3, 0.4) is 0 Å². The Morgan fingerprint density at radius 3 is 3.27 bits per heavy atom. The minimum Gasteiger partial charge on any atom is -0.493 e. The molecule has 0 spiro atoms. The Kier molecular flexibility index (Phi) is 3.07. The van der Waals surface area contributed by atoms with E-state index in [1.54, 1.807) is 10.6 Å². The Balaban J connectivity index is 1.46. The average Bonchev–Trinajstić information content (AvgIpc) is 3.17. The van der Waals surface area contributed by atoms with Gasteiger partial charge in [0.15, 0.2) is 0 Å². The van der Waals surface area contributed by atoms with Gasteiger partial charge in [0.2, 0.25) is 4.96 Å². The summed E-state index contributed by atoms with van der Waals surface area (Å²) in [4.78, 5) is 17.5. The molecule has 0 unspecified atom stereocenters. The smallest absolute Gasteiger partial charge is 0.251 e. The number of aryl methyl sites for hydroxylation is 1. The maximum Gasteiger partial charge on any atom is 0.251 e. The molecule has 1 aliphatic rings. The second-order valence-electron chi connectivity index (χ2n) is 5.18. The number of aromatic nitrogens is 3. The van der Waals surface area contributed by atoms with Crippen LogP contribution in [-0.2, 0) is 13.0 Å². The minimum absolute atomic E-state index is 0.102. The molecule has 0 radical (unpaired) electrons. The standard InChI is InChI=1S/C15H14N4O2S/c1-9-18-19-8-12(17-15(19)22-9)7-16-14(20)11-2-3-13-10(6-11)4-5-21-13/h2-3,6,8H,4-5,7H2,1H3,(H,16,20). The molecular weight excluding hydrogens is 300 g/mol. The summed E-state index contributed by atoms with van der Waals surface area (Å²) in [5, 5.41) is 8.17. The van der Waals surface area contributed by atoms with Crippen molar-refractivity contribution in [1.82, 2.24) is 19.9 Å². The van der Waals surface area contributed by atoms with E-state index in [4.69, 9.17) is 4.74 Å². The lowest BCUT2D eigenvalue weighted by atomic mass is 10.1. The van der Waals surface area contributed by atoms with Gasteiger partial charge >= 0.3 is 0 Å². The second kappa shape index (κ2) is 5.10. The molecule has 0 fully saturated rings. The largest absolute Gasteiger partial charge is 0.493 e. The summed E-state index contributed by atoms with van der Waals surface area (Å²) in [6, 6.07) is 5.54. The summed E-state index contributed by atoms with van der Waals surface area (Å²) in [6.45, 7) is 3.03. The fourth-order valence-corrected chi connectivity index (χ4v) is 3.27. The van der Waals surface area contributed by atoms with Gasteiger partial charge in [-0.2, -0.15) is 5.10 Å². The lowest BCUT2D eigenvalue weighted by Crippen LogP contribution is -2.23. The number of amides is 1. The van der Waals surface area contributed by atoms with Crippen molar-refractivity contribution in [2.45, 2.75) is 19.9 Å². The molecule has 22 heavy (non-hydrogen) atoms. The van der Waals surface area contributed by atoms with Crippen molar-refractivity contribution in [3.05, 3.63) is 46.2 Å². The molecule has 0 aliphatic carbocycles. The highest BCUT2D eigenvalue weighted by molar-refractivity contribution is 7.16. The van der Waals surface area contributed by atoms with Crippen LogP contribution in [0.4, 0.5) is 0 Å². The predicted octanol–water partition coefficient (Wildman–Crippen LogP) is 1.96. The SMILES string of the molecule is Cc1nn2cc(CNC(=O)c3ccc4c(c3)CCO4)nc2s1. The molecule has 3 aromatic rings. The van der Waals surface area contributed by atoms with Crippen LogP contribution in [0.5, 0.6) is 5.75 Å². The summed E-state index contributed by atoms with van der Waals surface area (Å²) in [5.74, 6) is 0.780. The number of ether oxygens (including phenoxy) is 1. The van der Waals surface area contributed by atoms with Crippen LogP contribution in [0.25, 0.3) is 4.96 Å². The van der Waals surface area contributed by atoms with Gasteiger partial charge in [0.25, 0.3) is 5.91 Å². The molecule has 6 nitrogen and oxygen atoms in total. The van der Waals surface area contributed by atoms with Crippen LogP contribution in [0.2, 0.25) is 0 Å². The zero-order chi connectivity index (χ0) is 15.1. The molecule has 0 saturated heterocycles. The zero-order valence-electron chi connectivity index (χ0n) is 12.0. The van der Waals surface area contributed by atoms with Crippen LogP contribution in [0.15, 0.2) is 24.4 Å². The number of benzene rings is 1. The van der Waals surface area contributed by atoms with Gasteiger partial charge in [0.05, 0.1) is 25.0 Å². The van der Waals surface area contributed by atoms with Crippen molar-refractivity contribution in [1.29, 1.82) is 0 Å². The number of carbonyl (C=O) groups is 1. The third-order valence-corrected chi connectivity index (χ3v) is 4.41. The number of rotatable bonds is 3. The van der Waals surface area contributed by atoms with E-state index in [0.717, 1.165) is 33.4 Å². The minimum atomic E-state index is -0.102. The second-order valence-corrected chi connectivity index (χ2v) is 6.34. The van der Waals surface area contributed by atoms with E-state index in [2.05, 4.69) is 15.4 Å². The summed E-state index contributed by atoms with van der Waals surface area (Å²) >= 11 is 1.53. The Hall–Kier alpha value is -2.41. The number of imidazole rings is 1. The van der Waals surface area contributed by atoms with Gasteiger partial charge in [0, 0.05) is 12.0 Å². The van der Waals surface area contributed by atoms with Crippen LogP contribution in [0, 0.1) is 6.92 Å². The van der Waals surface area contributed by atoms with Crippen molar-refractivity contribution in [3.8, 4) is 5.75 Å². The van der Waals surface area contributed by atoms with E-state index in [-0.39, 0.29) is 5.91 Å². The molecular formula is C15H14N4O2S. The maximum absolute atomic E-state index is 12.2. The van der Waals surface area contributed by atoms with E-state index < -0.39 is 0 Å². The van der Waals surface area contributed by atoms with Gasteiger partial charge in [-0.25, -0.2) is 9.50 Å². The predicted molar refractivity (Wildman–Crippen MR) is 82.4 cm³/mol. The van der Waals surface area contributed by atoms with Gasteiger partial charge in [-0.3, -0.25) is 4.79 Å². The number of fused-ring (bicyclic) bond motifs is 2. The zero-order valence-corrected chi connectivity index (χ0v) is 12.8. The van der Waals surface area contributed by atoms with E-state index in [1.807, 2.05) is 25.3 Å². The monoisotopic (exact) mass is 314 g/mol. The molecule has 112 valence electrons. The normalized spacial score (nSPS) is 13.1. The molecule has 0 atom stereocenters. The van der Waals surface area contributed by atoms with Crippen LogP contribution >= 0.6 is 11.3 Å². The highest BCUT2D eigenvalue weighted by Gasteiger charge is 2.15. The van der Waals surface area contributed by atoms with Crippen molar-refractivity contribution in [2.75, 3.05) is 6.61 Å². The van der Waals surface area contributed by atoms with E-state index >= 15 is 0 Å². The molecule has 0 bridgehead atoms. The van der Waals surface area contributed by atoms with Crippen molar-refractivity contribution < 1.29 is 9.53 Å². The van der Waals surface area contributed by atoms with E-state index in [9.17, 15) is 4.79 Å². The number of carbonyl (C=O) groups excluding carboxylic acids is 1. The van der Waals surface area contributed by atoms with Gasteiger partial charge in [0.1, 0.15) is 10.8 Å². The Morgan fingerprint density at radius 2 is 2.41 bits per heavy atom. The summed E-state index contributed by atoms with van der Waals surface area (Å²) in [6.07, 6.45) is 2.70. The van der Waals surface area contributed by atoms with Gasteiger partial charge in [-0.1, -0.05) is 11.3 Å². The van der Waals surface area contributed by atoms with Gasteiger partial charge in [-0.05, 0) is 30.7 Å². The maximum atomic E-state index is 12.2. The quantitative estimate of drug-likeness (QED) is 0.802. The first kappa shape index (κ1) is 13.3. The molecule has 0 saturated carbocycles. The number of hydrogen-bond acceptors (Lipinski definition) is 5. The Labute approximate surface area is 130 Å². The topological polar surface area (TPSA) is 68.5 Å². The summed E-state index contributed by atoms with van der Waals surface area (Å²) < 4.78 is 7.19. The number of hydrogen-bond donors (Lipinski definition) is 1. The van der Waals surface area contributed by atoms with Crippen LogP contribution < -0.4 is 10.1 Å². The van der Waals surface area contributed by atoms with E-state index in [0.29, 0.717) is 18.7 Å². The Morgan fingerprint density at radius 1 is 1.50 bits per heavy atom. The highest BCUT2D eigenvalue weighted by Crippen LogP contribution is 2.25. The fraction of sp³-hybridized carbons (Fsp3) is 0.267. The fourth-order valence-electron chi connectivity index (χ4n) is 2.53. The first-order chi connectivity index (χ1) is 10.7. The van der Waals surface area contributed by atoms with E-state index in [1.165, 1.54) is 11.3 Å². The lowest BCUT2D eigenvalue weighted by Gasteiger charge is -2.05. The third kappa shape index (κ3) is 2.33. The molecule has 3 heterocycles. The first-order valence-electron chi connectivity index (χ1n) is 7.05. The van der Waals surface area contributed by atoms with Gasteiger partial charge in [-0.15, -0.1) is 0 Å². The molecule has 2 aromatic heterocycles. The van der Waals surface area contributed by atoms with Crippen molar-refractivity contribution in [2.24, 2.45) is 0 Å². The van der Waals surface area contributed by atoms with Crippen molar-refractivity contribution >= 4 is 22.2 Å². The van der Waals surface area contributed by atoms with Crippen molar-refractivity contribution in [3.63, 3.8) is 0 Å². The number of nitrogens with zero attached hydrogens (tertiary/aromatic N) is 3. The van der Waals surface area contributed by atoms with Gasteiger partial charge < -0.3 is 10.1 Å². The molecule has 1 aromatic carbocycles. The number of nitrogens with one attached hydrogen (secondary N) is 1. The van der Waals surface area contributed by atoms with Crippen LogP contribution in [-0.4, -0.2) is 27.1 Å². The highest BCUT2D eigenvalue weighted by atomic mass is 32.1. The average molecular weight is 314 g/mol. The Bertz CT molecular complexity index is 836. The summed E-state index contributed by atoms with van der Waals surface area (Å²) in [7, 11) is 0. The molecule has 4 rings (SSSR count). The molecule has 1 aliphatic heterocycles.